The van der Waals surface area contributed by atoms with Crippen LogP contribution >= 0.6 is 0 Å². The largest absolute Gasteiger partial charge is 0.486 e. The predicted molar refractivity (Wildman–Crippen MR) is 103 cm³/mol. The van der Waals surface area contributed by atoms with E-state index < -0.39 is 5.54 Å². The van der Waals surface area contributed by atoms with Crippen molar-refractivity contribution < 1.29 is 14.3 Å². The van der Waals surface area contributed by atoms with Crippen molar-refractivity contribution in [1.29, 1.82) is 0 Å². The van der Waals surface area contributed by atoms with Crippen LogP contribution in [-0.2, 0) is 11.3 Å². The van der Waals surface area contributed by atoms with Crippen LogP contribution in [0, 0.1) is 0 Å². The molecule has 5 rings (SSSR count). The van der Waals surface area contributed by atoms with Gasteiger partial charge in [-0.15, -0.1) is 0 Å². The zero-order valence-electron chi connectivity index (χ0n) is 15.2. The molecule has 3 aliphatic heterocycles. The van der Waals surface area contributed by atoms with Gasteiger partial charge in [-0.2, -0.15) is 0 Å². The van der Waals surface area contributed by atoms with Gasteiger partial charge >= 0.3 is 0 Å². The number of hydrogen-bond donors (Lipinski definition) is 2. The monoisotopic (exact) mass is 365 g/mol. The summed E-state index contributed by atoms with van der Waals surface area (Å²) >= 11 is 0. The smallest absolute Gasteiger partial charge is 0.250 e. The van der Waals surface area contributed by atoms with Crippen LogP contribution in [0.3, 0.4) is 0 Å². The fraction of sp³-hybridized carbons (Fsp3) is 0.381. The Morgan fingerprint density at radius 1 is 0.963 bits per heavy atom. The molecule has 140 valence electrons. The van der Waals surface area contributed by atoms with E-state index in [0.717, 1.165) is 49.6 Å². The van der Waals surface area contributed by atoms with Crippen molar-refractivity contribution in [3.05, 3.63) is 48.0 Å². The van der Waals surface area contributed by atoms with E-state index in [2.05, 4.69) is 39.8 Å². The minimum Gasteiger partial charge on any atom is -0.486 e. The standard InChI is InChI=1S/C21H23N3O3/c25-20-21(6-8-24(9-7-21)14-15-4-2-1-3-5-15)23-17-13-19-18(12-16(17)22-20)26-10-11-27-19/h1-5,12-13,23H,6-11,14H2,(H,22,25). The number of fused-ring (bicyclic) bond motifs is 2. The average Bonchev–Trinajstić information content (AvgIpc) is 2.70. The highest BCUT2D eigenvalue weighted by molar-refractivity contribution is 6.06. The van der Waals surface area contributed by atoms with Gasteiger partial charge in [-0.05, 0) is 18.4 Å². The molecule has 3 aliphatic rings. The van der Waals surface area contributed by atoms with E-state index >= 15 is 0 Å². The fourth-order valence-corrected chi connectivity index (χ4v) is 4.14. The molecule has 1 spiro atoms. The summed E-state index contributed by atoms with van der Waals surface area (Å²) in [7, 11) is 0. The maximum atomic E-state index is 12.9. The van der Waals surface area contributed by atoms with E-state index in [4.69, 9.17) is 9.47 Å². The molecule has 0 bridgehead atoms. The van der Waals surface area contributed by atoms with Crippen LogP contribution in [0.4, 0.5) is 11.4 Å². The molecule has 2 aromatic carbocycles. The number of anilines is 2. The molecule has 0 aliphatic carbocycles. The van der Waals surface area contributed by atoms with Crippen LogP contribution in [-0.4, -0.2) is 42.6 Å². The second-order valence-corrected chi connectivity index (χ2v) is 7.46. The number of hydrogen-bond acceptors (Lipinski definition) is 5. The molecule has 0 radical (unpaired) electrons. The maximum Gasteiger partial charge on any atom is 0.250 e. The molecule has 0 atom stereocenters. The molecule has 6 heteroatoms. The van der Waals surface area contributed by atoms with Gasteiger partial charge in [0.05, 0.1) is 11.4 Å². The zero-order valence-corrected chi connectivity index (χ0v) is 15.2. The number of nitrogens with one attached hydrogen (secondary N) is 2. The van der Waals surface area contributed by atoms with E-state index in [-0.39, 0.29) is 5.91 Å². The summed E-state index contributed by atoms with van der Waals surface area (Å²) in [4.78, 5) is 15.3. The Morgan fingerprint density at radius 2 is 1.63 bits per heavy atom. The maximum absolute atomic E-state index is 12.9. The summed E-state index contributed by atoms with van der Waals surface area (Å²) in [5.41, 5.74) is 2.44. The third kappa shape index (κ3) is 3.00. The third-order valence-electron chi connectivity index (χ3n) is 5.70. The van der Waals surface area contributed by atoms with Crippen LogP contribution < -0.4 is 20.1 Å². The number of likely N-dealkylation sites (tertiary alicyclic amines) is 1. The highest BCUT2D eigenvalue weighted by Crippen LogP contribution is 2.43. The minimum absolute atomic E-state index is 0.0473. The van der Waals surface area contributed by atoms with Crippen LogP contribution in [0.1, 0.15) is 18.4 Å². The lowest BCUT2D eigenvalue weighted by molar-refractivity contribution is -0.122. The van der Waals surface area contributed by atoms with Gasteiger partial charge in [0.2, 0.25) is 5.91 Å². The van der Waals surface area contributed by atoms with Gasteiger partial charge in [0.15, 0.2) is 11.5 Å². The second kappa shape index (κ2) is 6.46. The third-order valence-corrected chi connectivity index (χ3v) is 5.70. The highest BCUT2D eigenvalue weighted by Gasteiger charge is 2.44. The van der Waals surface area contributed by atoms with Gasteiger partial charge in [0, 0.05) is 31.8 Å². The summed E-state index contributed by atoms with van der Waals surface area (Å²) in [6.45, 7) is 3.78. The van der Waals surface area contributed by atoms with Gasteiger partial charge in [0.1, 0.15) is 18.8 Å². The van der Waals surface area contributed by atoms with Gasteiger partial charge in [0.25, 0.3) is 0 Å². The molecule has 0 aromatic heterocycles. The second-order valence-electron chi connectivity index (χ2n) is 7.46. The van der Waals surface area contributed by atoms with Crippen molar-refractivity contribution in [2.75, 3.05) is 36.9 Å². The van der Waals surface area contributed by atoms with Gasteiger partial charge < -0.3 is 20.1 Å². The number of carbonyl (C=O) groups is 1. The first-order chi connectivity index (χ1) is 13.2. The molecular formula is C21H23N3O3. The fourth-order valence-electron chi connectivity index (χ4n) is 4.14. The molecule has 1 amide bonds. The average molecular weight is 365 g/mol. The Hall–Kier alpha value is -2.73. The Bertz CT molecular complexity index is 860. The summed E-state index contributed by atoms with van der Waals surface area (Å²) in [5.74, 6) is 1.47. The van der Waals surface area contributed by atoms with Crippen LogP contribution in [0.25, 0.3) is 0 Å². The van der Waals surface area contributed by atoms with Gasteiger partial charge in [-0.3, -0.25) is 9.69 Å². The van der Waals surface area contributed by atoms with Crippen molar-refractivity contribution in [1.82, 2.24) is 4.90 Å². The highest BCUT2D eigenvalue weighted by atomic mass is 16.6. The topological polar surface area (TPSA) is 62.8 Å². The van der Waals surface area contributed by atoms with Gasteiger partial charge in [-0.25, -0.2) is 0 Å². The first-order valence-corrected chi connectivity index (χ1v) is 9.51. The van der Waals surface area contributed by atoms with Crippen molar-refractivity contribution in [3.8, 4) is 11.5 Å². The zero-order chi connectivity index (χ0) is 18.3. The van der Waals surface area contributed by atoms with Crippen LogP contribution in [0.2, 0.25) is 0 Å². The first-order valence-electron chi connectivity index (χ1n) is 9.51. The lowest BCUT2D eigenvalue weighted by Crippen LogP contribution is -2.58. The van der Waals surface area contributed by atoms with Crippen molar-refractivity contribution in [3.63, 3.8) is 0 Å². The molecular weight excluding hydrogens is 342 g/mol. The van der Waals surface area contributed by atoms with E-state index in [1.807, 2.05) is 18.2 Å². The van der Waals surface area contributed by atoms with E-state index in [9.17, 15) is 4.79 Å². The predicted octanol–water partition coefficient (Wildman–Crippen LogP) is 2.86. The molecule has 1 saturated heterocycles. The number of benzene rings is 2. The van der Waals surface area contributed by atoms with E-state index in [0.29, 0.717) is 19.0 Å². The number of ether oxygens (including phenoxy) is 2. The lowest BCUT2D eigenvalue weighted by atomic mass is 9.84. The minimum atomic E-state index is -0.552. The molecule has 6 nitrogen and oxygen atoms in total. The number of amides is 1. The normalized spacial score (nSPS) is 20.5. The summed E-state index contributed by atoms with van der Waals surface area (Å²) in [6, 6.07) is 14.3. The SMILES string of the molecule is O=C1Nc2cc3c(cc2NC12CCN(Cc1ccccc1)CC2)OCCO3. The first kappa shape index (κ1) is 16.4. The molecule has 2 N–H and O–H groups in total. The molecule has 2 aromatic rings. The Balaban J connectivity index is 1.32. The van der Waals surface area contributed by atoms with Crippen molar-refractivity contribution in [2.24, 2.45) is 0 Å². The van der Waals surface area contributed by atoms with Gasteiger partial charge in [-0.1, -0.05) is 30.3 Å². The van der Waals surface area contributed by atoms with E-state index in [1.165, 1.54) is 5.56 Å². The summed E-state index contributed by atoms with van der Waals surface area (Å²) < 4.78 is 11.3. The van der Waals surface area contributed by atoms with Crippen molar-refractivity contribution in [2.45, 2.75) is 24.9 Å². The number of carbonyl (C=O) groups excluding carboxylic acids is 1. The quantitative estimate of drug-likeness (QED) is 0.857. The van der Waals surface area contributed by atoms with Crippen molar-refractivity contribution >= 4 is 17.3 Å². The Kier molecular flexibility index (Phi) is 3.93. The molecule has 0 saturated carbocycles. The molecule has 3 heterocycles. The summed E-state index contributed by atoms with van der Waals surface area (Å²) in [6.07, 6.45) is 1.55. The summed E-state index contributed by atoms with van der Waals surface area (Å²) in [5, 5.41) is 6.60. The number of piperidine rings is 1. The Labute approximate surface area is 158 Å². The van der Waals surface area contributed by atoms with Crippen LogP contribution in [0.15, 0.2) is 42.5 Å². The molecule has 1 fully saturated rings. The number of rotatable bonds is 2. The van der Waals surface area contributed by atoms with E-state index in [1.54, 1.807) is 0 Å². The number of nitrogens with zero attached hydrogens (tertiary/aromatic N) is 1. The Morgan fingerprint density at radius 3 is 2.33 bits per heavy atom. The molecule has 0 unspecified atom stereocenters. The molecule has 27 heavy (non-hydrogen) atoms. The lowest BCUT2D eigenvalue weighted by Gasteiger charge is -2.44. The van der Waals surface area contributed by atoms with Crippen LogP contribution in [0.5, 0.6) is 11.5 Å².